The lowest BCUT2D eigenvalue weighted by atomic mass is 9.86. The molecule has 0 aromatic heterocycles. The molecule has 6 nitrogen and oxygen atoms in total. The van der Waals surface area contributed by atoms with Gasteiger partial charge in [0.15, 0.2) is 0 Å². The predicted molar refractivity (Wildman–Crippen MR) is 48.1 cm³/mol. The number of rotatable bonds is 6. The number of carboxylic acid groups (broad SMARTS) is 2. The normalized spacial score (nSPS) is 25.4. The van der Waals surface area contributed by atoms with E-state index in [-0.39, 0.29) is 25.2 Å². The Kier molecular flexibility index (Phi) is 3.84. The van der Waals surface area contributed by atoms with E-state index in [1.165, 1.54) is 0 Å². The Balaban J connectivity index is 2.15. The minimum atomic E-state index is -0.895. The monoisotopic (exact) mass is 202 g/mol. The minimum Gasteiger partial charge on any atom is -0.480 e. The van der Waals surface area contributed by atoms with Gasteiger partial charge in [-0.15, -0.1) is 0 Å². The molecule has 80 valence electrons. The number of hydrogen-bond acceptors (Lipinski definition) is 4. The number of aliphatic carboxylic acids is 2. The Morgan fingerprint density at radius 1 is 1.00 bits per heavy atom. The summed E-state index contributed by atoms with van der Waals surface area (Å²) in [5.41, 5.74) is 0. The van der Waals surface area contributed by atoms with Crippen molar-refractivity contribution in [3.05, 3.63) is 0 Å². The van der Waals surface area contributed by atoms with Gasteiger partial charge in [-0.25, -0.2) is 0 Å². The van der Waals surface area contributed by atoms with Crippen LogP contribution in [0.2, 0.25) is 0 Å². The van der Waals surface area contributed by atoms with Crippen LogP contribution >= 0.6 is 0 Å². The van der Waals surface area contributed by atoms with E-state index in [4.69, 9.17) is 10.2 Å². The van der Waals surface area contributed by atoms with E-state index < -0.39 is 11.9 Å². The van der Waals surface area contributed by atoms with Gasteiger partial charge in [0, 0.05) is 12.1 Å². The lowest BCUT2D eigenvalue weighted by Gasteiger charge is -2.37. The first kappa shape index (κ1) is 10.9. The van der Waals surface area contributed by atoms with Crippen LogP contribution in [0.25, 0.3) is 0 Å². The molecule has 0 bridgehead atoms. The van der Waals surface area contributed by atoms with Crippen LogP contribution in [-0.2, 0) is 9.59 Å². The van der Waals surface area contributed by atoms with Crippen LogP contribution in [0.4, 0.5) is 0 Å². The zero-order valence-corrected chi connectivity index (χ0v) is 7.69. The highest BCUT2D eigenvalue weighted by molar-refractivity contribution is 5.69. The first-order chi connectivity index (χ1) is 6.59. The lowest BCUT2D eigenvalue weighted by molar-refractivity contribution is -0.137. The Morgan fingerprint density at radius 2 is 1.36 bits per heavy atom. The van der Waals surface area contributed by atoms with Crippen molar-refractivity contribution in [2.24, 2.45) is 0 Å². The van der Waals surface area contributed by atoms with Crippen LogP contribution < -0.4 is 10.6 Å². The lowest BCUT2D eigenvalue weighted by Crippen LogP contribution is -2.57. The van der Waals surface area contributed by atoms with E-state index in [1.807, 2.05) is 0 Å². The highest BCUT2D eigenvalue weighted by Gasteiger charge is 2.30. The fraction of sp³-hybridized carbons (Fsp3) is 0.750. The summed E-state index contributed by atoms with van der Waals surface area (Å²) in [7, 11) is 0. The van der Waals surface area contributed by atoms with Gasteiger partial charge in [0.1, 0.15) is 0 Å². The van der Waals surface area contributed by atoms with Crippen LogP contribution in [-0.4, -0.2) is 47.3 Å². The number of hydrogen-bond donors (Lipinski definition) is 4. The predicted octanol–water partition coefficient (Wildman–Crippen LogP) is -1.13. The van der Waals surface area contributed by atoms with Gasteiger partial charge in [0.2, 0.25) is 0 Å². The van der Waals surface area contributed by atoms with Crippen LogP contribution in [0.3, 0.4) is 0 Å². The molecule has 2 atom stereocenters. The molecule has 0 aliphatic heterocycles. The fourth-order valence-electron chi connectivity index (χ4n) is 1.43. The zero-order chi connectivity index (χ0) is 10.6. The van der Waals surface area contributed by atoms with Crippen molar-refractivity contribution in [1.29, 1.82) is 0 Å². The summed E-state index contributed by atoms with van der Waals surface area (Å²) < 4.78 is 0. The Labute approximate surface area is 81.3 Å². The van der Waals surface area contributed by atoms with Gasteiger partial charge in [-0.05, 0) is 12.8 Å². The molecule has 1 fully saturated rings. The van der Waals surface area contributed by atoms with Crippen molar-refractivity contribution >= 4 is 11.9 Å². The summed E-state index contributed by atoms with van der Waals surface area (Å²) in [5.74, 6) is -1.79. The van der Waals surface area contributed by atoms with Crippen molar-refractivity contribution in [3.8, 4) is 0 Å². The third kappa shape index (κ3) is 3.31. The van der Waals surface area contributed by atoms with Crippen molar-refractivity contribution in [2.75, 3.05) is 13.1 Å². The summed E-state index contributed by atoms with van der Waals surface area (Å²) in [6.45, 7) is -0.147. The van der Waals surface area contributed by atoms with Gasteiger partial charge in [0.25, 0.3) is 0 Å². The van der Waals surface area contributed by atoms with Crippen LogP contribution in [0, 0.1) is 0 Å². The summed E-state index contributed by atoms with van der Waals surface area (Å²) in [5, 5.41) is 22.5. The Morgan fingerprint density at radius 3 is 1.57 bits per heavy atom. The molecule has 0 spiro atoms. The van der Waals surface area contributed by atoms with Crippen molar-refractivity contribution in [3.63, 3.8) is 0 Å². The molecule has 0 radical (unpaired) electrons. The summed E-state index contributed by atoms with van der Waals surface area (Å²) in [4.78, 5) is 20.5. The molecular formula is C8H14N2O4. The molecule has 1 aliphatic carbocycles. The maximum absolute atomic E-state index is 10.2. The molecule has 0 saturated heterocycles. The van der Waals surface area contributed by atoms with Crippen molar-refractivity contribution < 1.29 is 19.8 Å². The van der Waals surface area contributed by atoms with Crippen LogP contribution in [0.5, 0.6) is 0 Å². The average molecular weight is 202 g/mol. The molecule has 1 saturated carbocycles. The van der Waals surface area contributed by atoms with E-state index in [2.05, 4.69) is 10.6 Å². The van der Waals surface area contributed by atoms with Crippen LogP contribution in [0.1, 0.15) is 12.8 Å². The third-order valence-corrected chi connectivity index (χ3v) is 2.31. The fourth-order valence-corrected chi connectivity index (χ4v) is 1.43. The molecule has 0 heterocycles. The van der Waals surface area contributed by atoms with Crippen molar-refractivity contribution in [2.45, 2.75) is 24.9 Å². The Bertz CT molecular complexity index is 207. The first-order valence-corrected chi connectivity index (χ1v) is 4.50. The first-order valence-electron chi connectivity index (χ1n) is 4.50. The molecule has 1 aliphatic rings. The Hall–Kier alpha value is -1.14. The maximum atomic E-state index is 10.2. The highest BCUT2D eigenvalue weighted by atomic mass is 16.4. The van der Waals surface area contributed by atoms with E-state index in [0.29, 0.717) is 0 Å². The van der Waals surface area contributed by atoms with Gasteiger partial charge in [-0.3, -0.25) is 9.59 Å². The van der Waals surface area contributed by atoms with E-state index in [9.17, 15) is 9.59 Å². The van der Waals surface area contributed by atoms with E-state index >= 15 is 0 Å². The SMILES string of the molecule is O=C(O)CNC1CCC1NCC(=O)O. The second kappa shape index (κ2) is 4.92. The van der Waals surface area contributed by atoms with Gasteiger partial charge < -0.3 is 20.8 Å². The summed E-state index contributed by atoms with van der Waals surface area (Å²) in [6.07, 6.45) is 1.79. The van der Waals surface area contributed by atoms with Gasteiger partial charge in [0.05, 0.1) is 13.1 Å². The van der Waals surface area contributed by atoms with Gasteiger partial charge in [-0.1, -0.05) is 0 Å². The summed E-state index contributed by atoms with van der Waals surface area (Å²) >= 11 is 0. The second-order valence-electron chi connectivity index (χ2n) is 3.34. The molecule has 6 heteroatoms. The zero-order valence-electron chi connectivity index (χ0n) is 7.69. The molecule has 1 rings (SSSR count). The van der Waals surface area contributed by atoms with Crippen LogP contribution in [0.15, 0.2) is 0 Å². The smallest absolute Gasteiger partial charge is 0.317 e. The largest absolute Gasteiger partial charge is 0.480 e. The molecule has 2 unspecified atom stereocenters. The average Bonchev–Trinajstić information content (AvgIpc) is 2.01. The second-order valence-corrected chi connectivity index (χ2v) is 3.34. The standard InChI is InChI=1S/C8H14N2O4/c11-7(12)3-9-5-1-2-6(5)10-4-8(13)14/h5-6,9-10H,1-4H2,(H,11,12)(H,13,14). The molecular weight excluding hydrogens is 188 g/mol. The molecule has 14 heavy (non-hydrogen) atoms. The molecule has 0 aromatic rings. The number of carboxylic acids is 2. The maximum Gasteiger partial charge on any atom is 0.317 e. The topological polar surface area (TPSA) is 98.7 Å². The van der Waals surface area contributed by atoms with Crippen molar-refractivity contribution in [1.82, 2.24) is 10.6 Å². The quantitative estimate of drug-likeness (QED) is 0.435. The number of nitrogens with one attached hydrogen (secondary N) is 2. The molecule has 4 N–H and O–H groups in total. The van der Waals surface area contributed by atoms with Gasteiger partial charge >= 0.3 is 11.9 Å². The van der Waals surface area contributed by atoms with Gasteiger partial charge in [-0.2, -0.15) is 0 Å². The third-order valence-electron chi connectivity index (χ3n) is 2.31. The highest BCUT2D eigenvalue weighted by Crippen LogP contribution is 2.19. The minimum absolute atomic E-state index is 0.0735. The van der Waals surface area contributed by atoms with E-state index in [1.54, 1.807) is 0 Å². The molecule has 0 aromatic carbocycles. The number of carbonyl (C=O) groups is 2. The summed E-state index contributed by atoms with van der Waals surface area (Å²) in [6, 6.07) is 0.177. The molecule has 0 amide bonds. The van der Waals surface area contributed by atoms with E-state index in [0.717, 1.165) is 12.8 Å².